The Bertz CT molecular complexity index is 949. The normalized spacial score (nSPS) is 11.3. The van der Waals surface area contributed by atoms with Gasteiger partial charge in [0.05, 0.1) is 0 Å². The summed E-state index contributed by atoms with van der Waals surface area (Å²) in [7, 11) is 0. The molecule has 2 N–H and O–H groups in total. The molecule has 0 saturated carbocycles. The van der Waals surface area contributed by atoms with Crippen molar-refractivity contribution in [1.82, 2.24) is 0 Å². The quantitative estimate of drug-likeness (QED) is 0.286. The number of ketones is 1. The molecule has 3 aromatic rings. The van der Waals surface area contributed by atoms with Crippen LogP contribution in [0.3, 0.4) is 0 Å². The highest BCUT2D eigenvalue weighted by atomic mass is 16.2. The lowest BCUT2D eigenvalue weighted by Crippen LogP contribution is -2.24. The predicted octanol–water partition coefficient (Wildman–Crippen LogP) is 4.89. The molecule has 134 valence electrons. The number of anilines is 2. The number of Topliss-reactive ketones (excluding diaryl/α,β-unsaturated/α-hetero) is 1. The number of rotatable bonds is 6. The minimum Gasteiger partial charge on any atom is -0.358 e. The molecule has 0 aliphatic heterocycles. The van der Waals surface area contributed by atoms with Crippen LogP contribution in [0, 0.1) is 0 Å². The minimum atomic E-state index is -0.448. The second kappa shape index (κ2) is 8.63. The van der Waals surface area contributed by atoms with Gasteiger partial charge in [0.1, 0.15) is 5.57 Å². The van der Waals surface area contributed by atoms with Crippen LogP contribution >= 0.6 is 0 Å². The summed E-state index contributed by atoms with van der Waals surface area (Å²) in [5, 5.41) is 5.96. The number of hydrogen-bond donors (Lipinski definition) is 2. The maximum Gasteiger partial charge on any atom is 0.261 e. The van der Waals surface area contributed by atoms with Gasteiger partial charge in [0.2, 0.25) is 0 Å². The fourth-order valence-electron chi connectivity index (χ4n) is 2.69. The molecule has 0 radical (unpaired) electrons. The molecular weight excluding hydrogens is 336 g/mol. The second-order valence-electron chi connectivity index (χ2n) is 6.01. The Morgan fingerprint density at radius 3 is 1.59 bits per heavy atom. The average molecular weight is 356 g/mol. The Morgan fingerprint density at radius 2 is 1.07 bits per heavy atom. The first-order chi connectivity index (χ1) is 13.1. The lowest BCUT2D eigenvalue weighted by molar-refractivity contribution is -0.112. The van der Waals surface area contributed by atoms with Crippen LogP contribution in [0.5, 0.6) is 0 Å². The van der Waals surface area contributed by atoms with Gasteiger partial charge < -0.3 is 10.6 Å². The highest BCUT2D eigenvalue weighted by Crippen LogP contribution is 2.18. The van der Waals surface area contributed by atoms with Gasteiger partial charge in [-0.3, -0.25) is 9.59 Å². The van der Waals surface area contributed by atoms with Crippen LogP contribution in [-0.2, 0) is 4.79 Å². The maximum absolute atomic E-state index is 13.0. The molecular formula is C23H20N2O2. The maximum atomic E-state index is 13.0. The number of benzene rings is 3. The van der Waals surface area contributed by atoms with E-state index in [2.05, 4.69) is 10.6 Å². The SMILES string of the molecule is CC(Nc1ccccc1)=C(C(=O)Nc1ccccc1)C(=O)c1ccccc1. The molecule has 0 saturated heterocycles. The Morgan fingerprint density at radius 1 is 0.630 bits per heavy atom. The van der Waals surface area contributed by atoms with Gasteiger partial charge in [-0.2, -0.15) is 0 Å². The lowest BCUT2D eigenvalue weighted by atomic mass is 10.0. The molecule has 4 nitrogen and oxygen atoms in total. The molecule has 4 heteroatoms. The Hall–Kier alpha value is -3.66. The summed E-state index contributed by atoms with van der Waals surface area (Å²) < 4.78 is 0. The van der Waals surface area contributed by atoms with Gasteiger partial charge in [0.25, 0.3) is 5.91 Å². The van der Waals surface area contributed by atoms with Crippen molar-refractivity contribution >= 4 is 23.1 Å². The summed E-state index contributed by atoms with van der Waals surface area (Å²) in [6, 6.07) is 27.3. The number of nitrogens with one attached hydrogen (secondary N) is 2. The zero-order valence-electron chi connectivity index (χ0n) is 15.0. The van der Waals surface area contributed by atoms with Crippen molar-refractivity contribution in [3.63, 3.8) is 0 Å². The standard InChI is InChI=1S/C23H20N2O2/c1-17(24-19-13-7-3-8-14-19)21(22(26)18-11-5-2-6-12-18)23(27)25-20-15-9-4-10-16-20/h2-16,24H,1H3,(H,25,27). The largest absolute Gasteiger partial charge is 0.358 e. The van der Waals surface area contributed by atoms with Gasteiger partial charge in [-0.15, -0.1) is 0 Å². The number of allylic oxidation sites excluding steroid dienone is 1. The van der Waals surface area contributed by atoms with E-state index in [1.807, 2.05) is 54.6 Å². The average Bonchev–Trinajstić information content (AvgIpc) is 2.70. The van der Waals surface area contributed by atoms with Crippen LogP contribution in [-0.4, -0.2) is 11.7 Å². The highest BCUT2D eigenvalue weighted by molar-refractivity contribution is 6.29. The van der Waals surface area contributed by atoms with Crippen LogP contribution in [0.2, 0.25) is 0 Å². The summed E-state index contributed by atoms with van der Waals surface area (Å²) in [4.78, 5) is 26.0. The summed E-state index contributed by atoms with van der Waals surface area (Å²) in [5.41, 5.74) is 2.47. The monoisotopic (exact) mass is 356 g/mol. The van der Waals surface area contributed by atoms with Crippen LogP contribution < -0.4 is 10.6 Å². The van der Waals surface area contributed by atoms with Gasteiger partial charge in [-0.1, -0.05) is 66.7 Å². The van der Waals surface area contributed by atoms with Crippen molar-refractivity contribution < 1.29 is 9.59 Å². The fourth-order valence-corrected chi connectivity index (χ4v) is 2.69. The fraction of sp³-hybridized carbons (Fsp3) is 0.0435. The van der Waals surface area contributed by atoms with Crippen molar-refractivity contribution in [2.45, 2.75) is 6.92 Å². The van der Waals surface area contributed by atoms with Gasteiger partial charge >= 0.3 is 0 Å². The molecule has 0 atom stereocenters. The van der Waals surface area contributed by atoms with E-state index in [0.29, 0.717) is 16.9 Å². The van der Waals surface area contributed by atoms with E-state index >= 15 is 0 Å². The van der Waals surface area contributed by atoms with Crippen LogP contribution in [0.4, 0.5) is 11.4 Å². The summed E-state index contributed by atoms with van der Waals surface area (Å²) in [6.07, 6.45) is 0. The third-order valence-electron chi connectivity index (χ3n) is 4.00. The topological polar surface area (TPSA) is 58.2 Å². The number of carbonyl (C=O) groups is 2. The van der Waals surface area contributed by atoms with Gasteiger partial charge in [-0.25, -0.2) is 0 Å². The molecule has 0 heterocycles. The van der Waals surface area contributed by atoms with E-state index in [1.165, 1.54) is 0 Å². The van der Waals surface area contributed by atoms with Crippen molar-refractivity contribution in [1.29, 1.82) is 0 Å². The Labute approximate surface area is 158 Å². The smallest absolute Gasteiger partial charge is 0.261 e. The van der Waals surface area contributed by atoms with Crippen molar-refractivity contribution in [3.05, 3.63) is 108 Å². The van der Waals surface area contributed by atoms with Crippen molar-refractivity contribution in [2.75, 3.05) is 10.6 Å². The molecule has 1 amide bonds. The lowest BCUT2D eigenvalue weighted by Gasteiger charge is -2.14. The van der Waals surface area contributed by atoms with Crippen molar-refractivity contribution in [3.8, 4) is 0 Å². The van der Waals surface area contributed by atoms with Crippen LogP contribution in [0.15, 0.2) is 102 Å². The molecule has 0 fully saturated rings. The second-order valence-corrected chi connectivity index (χ2v) is 6.01. The molecule has 3 rings (SSSR count). The molecule has 3 aromatic carbocycles. The number of para-hydroxylation sites is 2. The first-order valence-corrected chi connectivity index (χ1v) is 8.64. The predicted molar refractivity (Wildman–Crippen MR) is 109 cm³/mol. The third kappa shape index (κ3) is 4.70. The summed E-state index contributed by atoms with van der Waals surface area (Å²) >= 11 is 0. The molecule has 0 aromatic heterocycles. The van der Waals surface area contributed by atoms with Gasteiger partial charge in [-0.05, 0) is 31.2 Å². The number of hydrogen-bond acceptors (Lipinski definition) is 3. The molecule has 0 spiro atoms. The molecule has 0 aliphatic carbocycles. The van der Waals surface area contributed by atoms with E-state index in [9.17, 15) is 9.59 Å². The van der Waals surface area contributed by atoms with E-state index in [1.54, 1.807) is 43.3 Å². The summed E-state index contributed by atoms with van der Waals surface area (Å²) in [5.74, 6) is -0.777. The summed E-state index contributed by atoms with van der Waals surface area (Å²) in [6.45, 7) is 1.73. The molecule has 27 heavy (non-hydrogen) atoms. The Balaban J connectivity index is 1.96. The Kier molecular flexibility index (Phi) is 5.80. The van der Waals surface area contributed by atoms with E-state index in [-0.39, 0.29) is 11.4 Å². The molecule has 0 unspecified atom stereocenters. The number of carbonyl (C=O) groups excluding carboxylic acids is 2. The highest BCUT2D eigenvalue weighted by Gasteiger charge is 2.23. The minimum absolute atomic E-state index is 0.0777. The molecule has 0 bridgehead atoms. The van der Waals surface area contributed by atoms with Crippen molar-refractivity contribution in [2.24, 2.45) is 0 Å². The van der Waals surface area contributed by atoms with Crippen LogP contribution in [0.25, 0.3) is 0 Å². The van der Waals surface area contributed by atoms with Gasteiger partial charge in [0.15, 0.2) is 5.78 Å². The van der Waals surface area contributed by atoms with Gasteiger partial charge in [0, 0.05) is 22.6 Å². The first-order valence-electron chi connectivity index (χ1n) is 8.64. The molecule has 0 aliphatic rings. The first kappa shape index (κ1) is 18.1. The van der Waals surface area contributed by atoms with Crippen LogP contribution in [0.1, 0.15) is 17.3 Å². The van der Waals surface area contributed by atoms with E-state index < -0.39 is 5.91 Å². The zero-order valence-corrected chi connectivity index (χ0v) is 15.0. The van der Waals surface area contributed by atoms with E-state index in [4.69, 9.17) is 0 Å². The number of amides is 1. The zero-order chi connectivity index (χ0) is 19.1. The van der Waals surface area contributed by atoms with E-state index in [0.717, 1.165) is 5.69 Å². The third-order valence-corrected chi connectivity index (χ3v) is 4.00.